The summed E-state index contributed by atoms with van der Waals surface area (Å²) in [6.45, 7) is 35.0. The van der Waals surface area contributed by atoms with Crippen LogP contribution in [-0.2, 0) is 6.42 Å². The monoisotopic (exact) mass is 1140 g/mol. The van der Waals surface area contributed by atoms with Crippen LogP contribution in [-0.4, -0.2) is 17.3 Å². The molecule has 0 heterocycles. The summed E-state index contributed by atoms with van der Waals surface area (Å²) in [5.41, 5.74) is 21.0. The number of hydrogen-bond donors (Lipinski definition) is 0. The van der Waals surface area contributed by atoms with Gasteiger partial charge in [0.2, 0.25) is 0 Å². The van der Waals surface area contributed by atoms with Crippen molar-refractivity contribution in [2.45, 2.75) is 236 Å². The summed E-state index contributed by atoms with van der Waals surface area (Å²) in [5.74, 6) is 5.82. The summed E-state index contributed by atoms with van der Waals surface area (Å²) < 4.78 is 0. The van der Waals surface area contributed by atoms with Gasteiger partial charge in [0, 0.05) is 33.4 Å². The number of rotatable bonds is 16. The van der Waals surface area contributed by atoms with Crippen molar-refractivity contribution in [3.63, 3.8) is 0 Å². The van der Waals surface area contributed by atoms with Crippen LogP contribution in [0.2, 0.25) is 0 Å². The predicted octanol–water partition coefficient (Wildman–Crippen LogP) is 23.6. The molecule has 3 fully saturated rings. The second-order valence-electron chi connectivity index (χ2n) is 27.6. The Morgan fingerprint density at radius 2 is 0.635 bits per heavy atom. The first-order valence-corrected chi connectivity index (χ1v) is 33.2. The average molecular weight is 1140 g/mol. The lowest BCUT2D eigenvalue weighted by atomic mass is 9.78. The molecule has 6 aromatic carbocycles. The van der Waals surface area contributed by atoms with Crippen LogP contribution in [0.4, 0.5) is 0 Å². The predicted molar refractivity (Wildman–Crippen MR) is 364 cm³/mol. The van der Waals surface area contributed by atoms with Crippen molar-refractivity contribution < 1.29 is 14.4 Å². The molecule has 6 aromatic rings. The molecular weight excluding hydrogens is 1030 g/mol. The second kappa shape index (κ2) is 30.9. The first-order chi connectivity index (χ1) is 40.6. The molecule has 85 heavy (non-hydrogen) atoms. The number of carbonyl (C=O) groups excluding carboxylic acids is 3. The van der Waals surface area contributed by atoms with Crippen LogP contribution in [0, 0.1) is 17.8 Å². The number of carbonyl (C=O) groups is 3. The van der Waals surface area contributed by atoms with Gasteiger partial charge in [0.1, 0.15) is 0 Å². The van der Waals surface area contributed by atoms with Crippen LogP contribution in [0.15, 0.2) is 139 Å². The van der Waals surface area contributed by atoms with Crippen LogP contribution in [0.1, 0.15) is 328 Å². The Bertz CT molecular complexity index is 3130. The highest BCUT2D eigenvalue weighted by molar-refractivity contribution is 6.14. The zero-order chi connectivity index (χ0) is 61.6. The fraction of sp³-hybridized carbons (Fsp3) is 0.476. The number of hydrogen-bond acceptors (Lipinski definition) is 3. The molecule has 0 N–H and O–H groups in total. The van der Waals surface area contributed by atoms with Gasteiger partial charge in [-0.2, -0.15) is 0 Å². The molecule has 0 atom stereocenters. The van der Waals surface area contributed by atoms with Gasteiger partial charge < -0.3 is 0 Å². The summed E-state index contributed by atoms with van der Waals surface area (Å²) in [5, 5.41) is 0. The van der Waals surface area contributed by atoms with Gasteiger partial charge in [-0.25, -0.2) is 0 Å². The first-order valence-electron chi connectivity index (χ1n) is 33.2. The lowest BCUT2D eigenvalue weighted by Gasteiger charge is -2.27. The summed E-state index contributed by atoms with van der Waals surface area (Å²) in [6.07, 6.45) is 17.2. The van der Waals surface area contributed by atoms with E-state index in [1.165, 1.54) is 122 Å². The lowest BCUT2D eigenvalue weighted by Crippen LogP contribution is -2.13. The molecule has 0 aliphatic heterocycles. The van der Waals surface area contributed by atoms with Gasteiger partial charge in [0.05, 0.1) is 0 Å². The molecule has 9 rings (SSSR count). The minimum Gasteiger partial charge on any atom is -0.289 e. The van der Waals surface area contributed by atoms with Crippen LogP contribution in [0.3, 0.4) is 0 Å². The zero-order valence-electron chi connectivity index (χ0n) is 55.4. The third-order valence-electron chi connectivity index (χ3n) is 19.7. The van der Waals surface area contributed by atoms with Crippen molar-refractivity contribution >= 4 is 28.5 Å². The molecule has 0 saturated heterocycles. The van der Waals surface area contributed by atoms with Gasteiger partial charge >= 0.3 is 0 Å². The summed E-state index contributed by atoms with van der Waals surface area (Å²) in [6, 6.07) is 44.4. The Kier molecular flexibility index (Phi) is 24.1. The van der Waals surface area contributed by atoms with Gasteiger partial charge in [-0.1, -0.05) is 235 Å². The fourth-order valence-corrected chi connectivity index (χ4v) is 13.6. The molecule has 0 unspecified atom stereocenters. The zero-order valence-corrected chi connectivity index (χ0v) is 55.4. The van der Waals surface area contributed by atoms with Gasteiger partial charge in [-0.3, -0.25) is 14.4 Å². The smallest absolute Gasteiger partial charge is 0.193 e. The number of allylic oxidation sites excluding steroid dienone is 4. The van der Waals surface area contributed by atoms with Gasteiger partial charge in [0.25, 0.3) is 0 Å². The van der Waals surface area contributed by atoms with Gasteiger partial charge in [0.15, 0.2) is 17.3 Å². The van der Waals surface area contributed by atoms with Crippen molar-refractivity contribution in [2.24, 2.45) is 17.8 Å². The Morgan fingerprint density at radius 1 is 0.353 bits per heavy atom. The summed E-state index contributed by atoms with van der Waals surface area (Å²) in [4.78, 5) is 41.1. The molecule has 3 heteroatoms. The SMILES string of the molecule is CC(C)=C(C)c1ccc(C2CCC(C)CC2)cc1C(=O)c1ccccc1C(C)C.CC(C)=C(C)c1ccc(C2CCC(C)CC2)cc1C(=O)c1ccccc1C(C)C.CCCc1ccc(C2CCC(C)CC2)cc1C(=O)c1ccccc1C(C)C. The molecule has 0 amide bonds. The maximum absolute atomic E-state index is 13.8. The van der Waals surface area contributed by atoms with Crippen LogP contribution < -0.4 is 0 Å². The Morgan fingerprint density at radius 3 is 0.929 bits per heavy atom. The molecule has 0 spiro atoms. The van der Waals surface area contributed by atoms with E-state index in [0.29, 0.717) is 35.5 Å². The van der Waals surface area contributed by atoms with Crippen LogP contribution in [0.5, 0.6) is 0 Å². The molecule has 3 aliphatic rings. The molecule has 3 aliphatic carbocycles. The van der Waals surface area contributed by atoms with E-state index in [4.69, 9.17) is 0 Å². The summed E-state index contributed by atoms with van der Waals surface area (Å²) in [7, 11) is 0. The first kappa shape index (κ1) is 66.3. The Balaban J connectivity index is 0.000000183. The van der Waals surface area contributed by atoms with E-state index < -0.39 is 0 Å². The lowest BCUT2D eigenvalue weighted by molar-refractivity contribution is 0.102. The topological polar surface area (TPSA) is 51.2 Å². The highest BCUT2D eigenvalue weighted by Crippen LogP contribution is 2.41. The molecule has 0 bridgehead atoms. The van der Waals surface area contributed by atoms with Crippen molar-refractivity contribution in [1.29, 1.82) is 0 Å². The molecule has 0 radical (unpaired) electrons. The van der Waals surface area contributed by atoms with E-state index >= 15 is 0 Å². The standard InChI is InChI=1S/2C28H36O.C26H34O/c2*1-18(2)21(6)25-16-15-23(22-13-11-20(5)12-14-22)17-27(25)28(29)26-10-8-7-9-24(26)19(3)4;1-5-8-21-15-16-22(20-13-11-19(4)12-14-20)17-25(21)26(27)24-10-7-6-9-23(24)18(2)3/h2*7-10,15-17,19-20,22H,11-14H2,1-6H3;6-7,9-10,15-20H,5,8,11-14H2,1-4H3. The Hall–Kier alpha value is -6.19. The third-order valence-corrected chi connectivity index (χ3v) is 19.7. The molecule has 3 nitrogen and oxygen atoms in total. The van der Waals surface area contributed by atoms with Crippen molar-refractivity contribution in [3.8, 4) is 0 Å². The normalized spacial score (nSPS) is 19.5. The molecule has 452 valence electrons. The van der Waals surface area contributed by atoms with Crippen molar-refractivity contribution in [1.82, 2.24) is 0 Å². The van der Waals surface area contributed by atoms with E-state index in [0.717, 1.165) is 91.8 Å². The van der Waals surface area contributed by atoms with Crippen LogP contribution in [0.25, 0.3) is 11.1 Å². The maximum Gasteiger partial charge on any atom is 0.193 e. The molecule has 0 aromatic heterocycles. The van der Waals surface area contributed by atoms with E-state index in [1.54, 1.807) is 0 Å². The van der Waals surface area contributed by atoms with E-state index in [9.17, 15) is 14.4 Å². The number of aryl methyl sites for hydroxylation is 1. The number of ketones is 3. The van der Waals surface area contributed by atoms with E-state index in [2.05, 4.69) is 184 Å². The quantitative estimate of drug-likeness (QED) is 0.0908. The van der Waals surface area contributed by atoms with E-state index in [1.807, 2.05) is 54.6 Å². The third kappa shape index (κ3) is 16.9. The summed E-state index contributed by atoms with van der Waals surface area (Å²) >= 11 is 0. The highest BCUT2D eigenvalue weighted by atomic mass is 16.1. The van der Waals surface area contributed by atoms with Crippen LogP contribution >= 0.6 is 0 Å². The molecule has 3 saturated carbocycles. The minimum absolute atomic E-state index is 0.163. The van der Waals surface area contributed by atoms with Gasteiger partial charge in [-0.05, 0) is 219 Å². The minimum atomic E-state index is 0.163. The molecular formula is C82H106O3. The Labute approximate surface area is 516 Å². The van der Waals surface area contributed by atoms with Crippen molar-refractivity contribution in [3.05, 3.63) is 222 Å². The fourth-order valence-electron chi connectivity index (χ4n) is 13.6. The largest absolute Gasteiger partial charge is 0.289 e. The second-order valence-corrected chi connectivity index (χ2v) is 27.6. The number of benzene rings is 6. The average Bonchev–Trinajstić information content (AvgIpc) is 2.95. The van der Waals surface area contributed by atoms with Crippen molar-refractivity contribution in [2.75, 3.05) is 0 Å². The van der Waals surface area contributed by atoms with E-state index in [-0.39, 0.29) is 17.3 Å². The van der Waals surface area contributed by atoms with Gasteiger partial charge in [-0.15, -0.1) is 0 Å². The maximum atomic E-state index is 13.8. The highest BCUT2D eigenvalue weighted by Gasteiger charge is 2.28.